The average molecular weight is 513 g/mol. The van der Waals surface area contributed by atoms with Crippen molar-refractivity contribution in [3.8, 4) is 10.6 Å². The first-order valence-corrected chi connectivity index (χ1v) is 12.3. The first-order valence-electron chi connectivity index (χ1n) is 11.5. The van der Waals surface area contributed by atoms with E-state index in [1.807, 2.05) is 19.1 Å². The smallest absolute Gasteiger partial charge is 0.371 e. The Labute approximate surface area is 209 Å². The van der Waals surface area contributed by atoms with Crippen LogP contribution in [0.15, 0.2) is 43.0 Å². The predicted molar refractivity (Wildman–Crippen MR) is 132 cm³/mol. The van der Waals surface area contributed by atoms with Crippen LogP contribution in [0, 0.1) is 6.92 Å². The van der Waals surface area contributed by atoms with Crippen molar-refractivity contribution in [2.24, 2.45) is 0 Å². The largest absolute Gasteiger partial charge is 0.451 e. The Bertz CT molecular complexity index is 1410. The molecule has 1 aliphatic heterocycles. The molecule has 0 spiro atoms. The molecule has 0 saturated carbocycles. The minimum Gasteiger partial charge on any atom is -0.371 e. The summed E-state index contributed by atoms with van der Waals surface area (Å²) < 4.78 is 38.4. The van der Waals surface area contributed by atoms with Crippen molar-refractivity contribution in [2.75, 3.05) is 18.0 Å². The fourth-order valence-corrected chi connectivity index (χ4v) is 5.10. The summed E-state index contributed by atoms with van der Waals surface area (Å²) in [5.41, 5.74) is 3.34. The Morgan fingerprint density at radius 1 is 1.08 bits per heavy atom. The molecule has 11 heteroatoms. The van der Waals surface area contributed by atoms with E-state index >= 15 is 0 Å². The van der Waals surface area contributed by atoms with E-state index in [0.29, 0.717) is 11.1 Å². The van der Waals surface area contributed by atoms with Gasteiger partial charge in [-0.15, -0.1) is 11.3 Å². The SMILES string of the molecule is Cc1cnc(-c2cc(C(=O)N[C@H](C)c3cnc(C(F)(F)F)nc3)cc3c(N4CCCC4)ccnc23)s1. The van der Waals surface area contributed by atoms with E-state index in [4.69, 9.17) is 0 Å². The van der Waals surface area contributed by atoms with Gasteiger partial charge in [0.25, 0.3) is 5.91 Å². The molecule has 4 heterocycles. The number of halogens is 3. The van der Waals surface area contributed by atoms with Gasteiger partial charge in [-0.1, -0.05) is 0 Å². The molecule has 3 aromatic heterocycles. The number of aromatic nitrogens is 4. The van der Waals surface area contributed by atoms with Gasteiger partial charge in [-0.05, 0) is 44.9 Å². The highest BCUT2D eigenvalue weighted by molar-refractivity contribution is 7.15. The summed E-state index contributed by atoms with van der Waals surface area (Å²) in [7, 11) is 0. The second-order valence-corrected chi connectivity index (χ2v) is 9.99. The zero-order valence-electron chi connectivity index (χ0n) is 19.6. The van der Waals surface area contributed by atoms with Gasteiger partial charge < -0.3 is 10.2 Å². The lowest BCUT2D eigenvalue weighted by atomic mass is 10.0. The predicted octanol–water partition coefficient (Wildman–Crippen LogP) is 5.57. The number of hydrogen-bond donors (Lipinski definition) is 1. The van der Waals surface area contributed by atoms with Crippen molar-refractivity contribution >= 4 is 33.8 Å². The van der Waals surface area contributed by atoms with Gasteiger partial charge in [0.2, 0.25) is 5.82 Å². The van der Waals surface area contributed by atoms with Gasteiger partial charge >= 0.3 is 6.18 Å². The quantitative estimate of drug-likeness (QED) is 0.377. The molecule has 1 N–H and O–H groups in total. The summed E-state index contributed by atoms with van der Waals surface area (Å²) in [5, 5.41) is 4.48. The first kappa shape index (κ1) is 24.1. The zero-order valence-corrected chi connectivity index (χ0v) is 20.5. The molecule has 1 aliphatic rings. The molecule has 1 fully saturated rings. The van der Waals surface area contributed by atoms with Gasteiger partial charge in [-0.3, -0.25) is 9.78 Å². The number of pyridine rings is 1. The molecule has 1 aromatic carbocycles. The van der Waals surface area contributed by atoms with E-state index in [-0.39, 0.29) is 5.91 Å². The molecule has 0 aliphatic carbocycles. The Kier molecular flexibility index (Phi) is 6.33. The molecule has 0 bridgehead atoms. The molecule has 186 valence electrons. The standard InChI is InChI=1S/C25H23F3N6OS/c1-14-11-30-23(36-14)19-10-16(9-18-20(5-6-29-21(18)19)34-7-3-4-8-34)22(35)33-15(2)17-12-31-24(32-13-17)25(26,27)28/h5-6,9-13,15H,3-4,7-8H2,1-2H3,(H,33,35)/t15-/m1/s1. The number of hydrogen-bond acceptors (Lipinski definition) is 7. The van der Waals surface area contributed by atoms with Crippen molar-refractivity contribution < 1.29 is 18.0 Å². The molecule has 0 radical (unpaired) electrons. The number of rotatable bonds is 5. The van der Waals surface area contributed by atoms with Crippen LogP contribution < -0.4 is 10.2 Å². The molecule has 1 saturated heterocycles. The second-order valence-electron chi connectivity index (χ2n) is 8.75. The van der Waals surface area contributed by atoms with Crippen LogP contribution in [0.4, 0.5) is 18.9 Å². The summed E-state index contributed by atoms with van der Waals surface area (Å²) in [6, 6.07) is 4.96. The van der Waals surface area contributed by atoms with Crippen molar-refractivity contribution in [3.63, 3.8) is 0 Å². The number of fused-ring (bicyclic) bond motifs is 1. The van der Waals surface area contributed by atoms with Crippen LogP contribution in [-0.4, -0.2) is 38.9 Å². The maximum atomic E-state index is 13.3. The number of thiazole rings is 1. The minimum atomic E-state index is -4.62. The molecule has 5 rings (SSSR count). The van der Waals surface area contributed by atoms with Gasteiger partial charge in [0.1, 0.15) is 5.01 Å². The van der Waals surface area contributed by atoms with Crippen molar-refractivity contribution in [2.45, 2.75) is 38.9 Å². The normalized spacial score (nSPS) is 14.9. The van der Waals surface area contributed by atoms with E-state index in [9.17, 15) is 18.0 Å². The van der Waals surface area contributed by atoms with Crippen LogP contribution in [0.1, 0.15) is 52.4 Å². The Morgan fingerprint density at radius 3 is 2.44 bits per heavy atom. The number of benzene rings is 1. The van der Waals surface area contributed by atoms with Crippen LogP contribution in [-0.2, 0) is 6.18 Å². The third kappa shape index (κ3) is 4.75. The number of alkyl halides is 3. The van der Waals surface area contributed by atoms with Gasteiger partial charge in [0.05, 0.1) is 11.6 Å². The molecule has 1 amide bonds. The van der Waals surface area contributed by atoms with Gasteiger partial charge in [-0.2, -0.15) is 13.2 Å². The Balaban J connectivity index is 1.52. The van der Waals surface area contributed by atoms with E-state index < -0.39 is 18.0 Å². The highest BCUT2D eigenvalue weighted by atomic mass is 32.1. The third-order valence-electron chi connectivity index (χ3n) is 6.16. The van der Waals surface area contributed by atoms with Crippen LogP contribution >= 0.6 is 11.3 Å². The first-order chi connectivity index (χ1) is 17.2. The van der Waals surface area contributed by atoms with Crippen LogP contribution in [0.5, 0.6) is 0 Å². The Hall–Kier alpha value is -3.60. The van der Waals surface area contributed by atoms with Gasteiger partial charge in [0, 0.05) is 70.5 Å². The monoisotopic (exact) mass is 512 g/mol. The van der Waals surface area contributed by atoms with E-state index in [2.05, 4.69) is 30.2 Å². The van der Waals surface area contributed by atoms with Gasteiger partial charge in [0.15, 0.2) is 0 Å². The van der Waals surface area contributed by atoms with Crippen LogP contribution in [0.25, 0.3) is 21.5 Å². The van der Waals surface area contributed by atoms with Crippen molar-refractivity contribution in [3.05, 3.63) is 64.8 Å². The van der Waals surface area contributed by atoms with Crippen molar-refractivity contribution in [1.82, 2.24) is 25.3 Å². The van der Waals surface area contributed by atoms with E-state index in [0.717, 1.165) is 70.4 Å². The number of aryl methyl sites for hydroxylation is 1. The van der Waals surface area contributed by atoms with Gasteiger partial charge in [-0.25, -0.2) is 15.0 Å². The van der Waals surface area contributed by atoms with E-state index in [1.165, 1.54) is 11.3 Å². The zero-order chi connectivity index (χ0) is 25.4. The number of nitrogens with zero attached hydrogens (tertiary/aromatic N) is 5. The maximum Gasteiger partial charge on any atom is 0.451 e. The molecular weight excluding hydrogens is 489 g/mol. The maximum absolute atomic E-state index is 13.3. The number of nitrogens with one attached hydrogen (secondary N) is 1. The average Bonchev–Trinajstić information content (AvgIpc) is 3.54. The summed E-state index contributed by atoms with van der Waals surface area (Å²) in [6.07, 6.45) is 3.33. The highest BCUT2D eigenvalue weighted by Crippen LogP contribution is 2.37. The fourth-order valence-electron chi connectivity index (χ4n) is 4.32. The number of amides is 1. The van der Waals surface area contributed by atoms with Crippen molar-refractivity contribution in [1.29, 1.82) is 0 Å². The summed E-state index contributed by atoms with van der Waals surface area (Å²) in [6.45, 7) is 5.52. The lowest BCUT2D eigenvalue weighted by Crippen LogP contribution is -2.27. The molecule has 0 unspecified atom stereocenters. The van der Waals surface area contributed by atoms with E-state index in [1.54, 1.807) is 25.4 Å². The fraction of sp³-hybridized carbons (Fsp3) is 0.320. The summed E-state index contributed by atoms with van der Waals surface area (Å²) >= 11 is 1.52. The molecular formula is C25H23F3N6OS. The lowest BCUT2D eigenvalue weighted by molar-refractivity contribution is -0.145. The topological polar surface area (TPSA) is 83.9 Å². The molecule has 1 atom stereocenters. The van der Waals surface area contributed by atoms with Crippen LogP contribution in [0.2, 0.25) is 0 Å². The number of carbonyl (C=O) groups excluding carboxylic acids is 1. The Morgan fingerprint density at radius 2 is 1.81 bits per heavy atom. The number of carbonyl (C=O) groups is 1. The summed E-state index contributed by atoms with van der Waals surface area (Å²) in [4.78, 5) is 32.6. The molecule has 4 aromatic rings. The summed E-state index contributed by atoms with van der Waals surface area (Å²) in [5.74, 6) is -1.58. The van der Waals surface area contributed by atoms with Crippen LogP contribution in [0.3, 0.4) is 0 Å². The molecule has 7 nitrogen and oxygen atoms in total. The third-order valence-corrected chi connectivity index (χ3v) is 7.10. The minimum absolute atomic E-state index is 0.366. The molecule has 36 heavy (non-hydrogen) atoms. The second kappa shape index (κ2) is 9.45. The number of anilines is 1. The lowest BCUT2D eigenvalue weighted by Gasteiger charge is -2.21. The highest BCUT2D eigenvalue weighted by Gasteiger charge is 2.34.